The fraction of sp³-hybridized carbons (Fsp3) is 0.500. The number of nitrogens with one attached hydrogen (secondary N) is 1. The maximum atomic E-state index is 12.4. The van der Waals surface area contributed by atoms with Gasteiger partial charge in [-0.3, -0.25) is 4.79 Å². The van der Waals surface area contributed by atoms with Crippen LogP contribution in [0.2, 0.25) is 5.02 Å². The number of pyridine rings is 1. The van der Waals surface area contributed by atoms with Crippen LogP contribution in [-0.2, 0) is 9.53 Å². The SMILES string of the molecule is COCC(C)NC(=O)C1CCN(c2cc(C)c3ccc(Cl)cc3n2)CC1. The van der Waals surface area contributed by atoms with Crippen LogP contribution in [-0.4, -0.2) is 43.7 Å². The van der Waals surface area contributed by atoms with Gasteiger partial charge in [0.2, 0.25) is 5.91 Å². The molecule has 2 aromatic rings. The average molecular weight is 376 g/mol. The molecule has 6 heteroatoms. The van der Waals surface area contributed by atoms with Crippen LogP contribution < -0.4 is 10.2 Å². The number of piperidine rings is 1. The third-order valence-electron chi connectivity index (χ3n) is 4.96. The molecule has 0 saturated carbocycles. The van der Waals surface area contributed by atoms with Gasteiger partial charge in [-0.25, -0.2) is 4.98 Å². The van der Waals surface area contributed by atoms with E-state index in [1.165, 1.54) is 5.56 Å². The summed E-state index contributed by atoms with van der Waals surface area (Å²) in [6, 6.07) is 7.98. The monoisotopic (exact) mass is 375 g/mol. The second-order valence-corrected chi connectivity index (χ2v) is 7.52. The maximum absolute atomic E-state index is 12.4. The minimum absolute atomic E-state index is 0.0417. The number of anilines is 1. The third-order valence-corrected chi connectivity index (χ3v) is 5.20. The number of hydrogen-bond donors (Lipinski definition) is 1. The van der Waals surface area contributed by atoms with Crippen LogP contribution in [0.15, 0.2) is 24.3 Å². The number of nitrogens with zero attached hydrogens (tertiary/aromatic N) is 2. The molecule has 140 valence electrons. The molecule has 1 atom stereocenters. The van der Waals surface area contributed by atoms with Gasteiger partial charge in [0.15, 0.2) is 0 Å². The molecule has 0 spiro atoms. The summed E-state index contributed by atoms with van der Waals surface area (Å²) < 4.78 is 5.08. The van der Waals surface area contributed by atoms with Gasteiger partial charge in [-0.1, -0.05) is 17.7 Å². The van der Waals surface area contributed by atoms with E-state index in [0.717, 1.165) is 42.7 Å². The van der Waals surface area contributed by atoms with E-state index in [1.54, 1.807) is 7.11 Å². The number of aryl methyl sites for hydroxylation is 1. The zero-order valence-electron chi connectivity index (χ0n) is 15.6. The van der Waals surface area contributed by atoms with Crippen LogP contribution in [0.1, 0.15) is 25.3 Å². The zero-order valence-corrected chi connectivity index (χ0v) is 16.3. The van der Waals surface area contributed by atoms with E-state index in [0.29, 0.717) is 11.6 Å². The molecule has 1 aromatic carbocycles. The van der Waals surface area contributed by atoms with Gasteiger partial charge in [-0.2, -0.15) is 0 Å². The number of benzene rings is 1. The lowest BCUT2D eigenvalue weighted by Crippen LogP contribution is -2.44. The van der Waals surface area contributed by atoms with E-state index in [1.807, 2.05) is 25.1 Å². The quantitative estimate of drug-likeness (QED) is 0.868. The van der Waals surface area contributed by atoms with Crippen molar-refractivity contribution in [1.82, 2.24) is 10.3 Å². The summed E-state index contributed by atoms with van der Waals surface area (Å²) in [5, 5.41) is 4.85. The lowest BCUT2D eigenvalue weighted by molar-refractivity contribution is -0.126. The molecule has 0 aliphatic carbocycles. The topological polar surface area (TPSA) is 54.5 Å². The minimum Gasteiger partial charge on any atom is -0.383 e. The number of fused-ring (bicyclic) bond motifs is 1. The van der Waals surface area contributed by atoms with Crippen LogP contribution in [0.5, 0.6) is 0 Å². The van der Waals surface area contributed by atoms with Crippen LogP contribution in [0, 0.1) is 12.8 Å². The summed E-state index contributed by atoms with van der Waals surface area (Å²) in [7, 11) is 1.65. The highest BCUT2D eigenvalue weighted by Gasteiger charge is 2.26. The Morgan fingerprint density at radius 3 is 2.81 bits per heavy atom. The average Bonchev–Trinajstić information content (AvgIpc) is 2.61. The van der Waals surface area contributed by atoms with Crippen molar-refractivity contribution in [2.75, 3.05) is 31.7 Å². The maximum Gasteiger partial charge on any atom is 0.223 e. The summed E-state index contributed by atoms with van der Waals surface area (Å²) in [6.07, 6.45) is 1.67. The summed E-state index contributed by atoms with van der Waals surface area (Å²) in [6.45, 7) is 6.25. The third kappa shape index (κ3) is 4.27. The smallest absolute Gasteiger partial charge is 0.223 e. The Balaban J connectivity index is 1.66. The van der Waals surface area contributed by atoms with E-state index in [2.05, 4.69) is 23.2 Å². The van der Waals surface area contributed by atoms with Gasteiger partial charge in [0.25, 0.3) is 0 Å². The first-order valence-corrected chi connectivity index (χ1v) is 9.47. The lowest BCUT2D eigenvalue weighted by Gasteiger charge is -2.33. The Morgan fingerprint density at radius 1 is 1.38 bits per heavy atom. The van der Waals surface area contributed by atoms with Crippen molar-refractivity contribution in [3.05, 3.63) is 34.9 Å². The second kappa shape index (κ2) is 8.23. The summed E-state index contributed by atoms with van der Waals surface area (Å²) >= 11 is 6.12. The molecule has 1 aliphatic heterocycles. The molecular formula is C20H26ClN3O2. The van der Waals surface area contributed by atoms with E-state index in [4.69, 9.17) is 21.3 Å². The predicted molar refractivity (Wildman–Crippen MR) is 106 cm³/mol. The van der Waals surface area contributed by atoms with Crippen molar-refractivity contribution in [2.24, 2.45) is 5.92 Å². The fourth-order valence-electron chi connectivity index (χ4n) is 3.54. The molecule has 1 saturated heterocycles. The zero-order chi connectivity index (χ0) is 18.7. The Kier molecular flexibility index (Phi) is 5.99. The summed E-state index contributed by atoms with van der Waals surface area (Å²) in [5.41, 5.74) is 2.11. The van der Waals surface area contributed by atoms with Crippen molar-refractivity contribution in [3.63, 3.8) is 0 Å². The highest BCUT2D eigenvalue weighted by molar-refractivity contribution is 6.31. The molecule has 26 heavy (non-hydrogen) atoms. The van der Waals surface area contributed by atoms with Gasteiger partial charge in [0, 0.05) is 42.6 Å². The summed E-state index contributed by atoms with van der Waals surface area (Å²) in [5.74, 6) is 1.15. The Morgan fingerprint density at radius 2 is 2.12 bits per heavy atom. The molecule has 1 amide bonds. The predicted octanol–water partition coefficient (Wildman–Crippen LogP) is 3.56. The Labute approximate surface area is 159 Å². The Bertz CT molecular complexity index is 788. The van der Waals surface area contributed by atoms with Crippen LogP contribution in [0.25, 0.3) is 10.9 Å². The molecule has 0 radical (unpaired) electrons. The van der Waals surface area contributed by atoms with Gasteiger partial charge < -0.3 is 15.0 Å². The molecule has 1 N–H and O–H groups in total. The highest BCUT2D eigenvalue weighted by atomic mass is 35.5. The molecule has 3 rings (SSSR count). The number of aromatic nitrogens is 1. The normalized spacial score (nSPS) is 16.7. The molecule has 0 bridgehead atoms. The first-order valence-electron chi connectivity index (χ1n) is 9.09. The summed E-state index contributed by atoms with van der Waals surface area (Å²) in [4.78, 5) is 19.4. The number of rotatable bonds is 5. The molecular weight excluding hydrogens is 350 g/mol. The van der Waals surface area contributed by atoms with Crippen molar-refractivity contribution >= 4 is 34.2 Å². The van der Waals surface area contributed by atoms with Gasteiger partial charge in [-0.15, -0.1) is 0 Å². The first-order chi connectivity index (χ1) is 12.5. The largest absolute Gasteiger partial charge is 0.383 e. The molecule has 1 unspecified atom stereocenters. The van der Waals surface area contributed by atoms with Gasteiger partial charge >= 0.3 is 0 Å². The number of carbonyl (C=O) groups is 1. The number of hydrogen-bond acceptors (Lipinski definition) is 4. The molecule has 2 heterocycles. The standard InChI is InChI=1S/C20H26ClN3O2/c1-13-10-19(23-18-11-16(21)4-5-17(13)18)24-8-6-15(7-9-24)20(25)22-14(2)12-26-3/h4-5,10-11,14-15H,6-9,12H2,1-3H3,(H,22,25). The molecule has 1 aliphatic rings. The molecule has 1 fully saturated rings. The number of amides is 1. The van der Waals surface area contributed by atoms with Gasteiger partial charge in [0.05, 0.1) is 12.1 Å². The van der Waals surface area contributed by atoms with Crippen LogP contribution in [0.4, 0.5) is 5.82 Å². The van der Waals surface area contributed by atoms with Crippen LogP contribution >= 0.6 is 11.6 Å². The number of carbonyl (C=O) groups excluding carboxylic acids is 1. The molecule has 5 nitrogen and oxygen atoms in total. The van der Waals surface area contributed by atoms with Crippen molar-refractivity contribution in [3.8, 4) is 0 Å². The first kappa shape index (κ1) is 18.9. The number of ether oxygens (including phenoxy) is 1. The van der Waals surface area contributed by atoms with Crippen molar-refractivity contribution < 1.29 is 9.53 Å². The van der Waals surface area contributed by atoms with E-state index >= 15 is 0 Å². The minimum atomic E-state index is 0.0417. The van der Waals surface area contributed by atoms with Crippen LogP contribution in [0.3, 0.4) is 0 Å². The highest BCUT2D eigenvalue weighted by Crippen LogP contribution is 2.28. The number of methoxy groups -OCH3 is 1. The fourth-order valence-corrected chi connectivity index (χ4v) is 3.71. The van der Waals surface area contributed by atoms with E-state index < -0.39 is 0 Å². The second-order valence-electron chi connectivity index (χ2n) is 7.09. The lowest BCUT2D eigenvalue weighted by atomic mass is 9.95. The van der Waals surface area contributed by atoms with Gasteiger partial charge in [0.1, 0.15) is 5.82 Å². The Hall–Kier alpha value is -1.85. The molecule has 1 aromatic heterocycles. The van der Waals surface area contributed by atoms with E-state index in [-0.39, 0.29) is 17.9 Å². The number of halogens is 1. The van der Waals surface area contributed by atoms with Crippen molar-refractivity contribution in [2.45, 2.75) is 32.7 Å². The van der Waals surface area contributed by atoms with E-state index in [9.17, 15) is 4.79 Å². The van der Waals surface area contributed by atoms with Crippen molar-refractivity contribution in [1.29, 1.82) is 0 Å². The van der Waals surface area contributed by atoms with Gasteiger partial charge in [-0.05, 0) is 50.5 Å².